The average molecular weight is 435 g/mol. The lowest BCUT2D eigenvalue weighted by atomic mass is 10.1. The van der Waals surface area contributed by atoms with Gasteiger partial charge in [-0.05, 0) is 53.6 Å². The van der Waals surface area contributed by atoms with Gasteiger partial charge in [0.2, 0.25) is 0 Å². The first-order valence-electron chi connectivity index (χ1n) is 9.93. The Labute approximate surface area is 183 Å². The van der Waals surface area contributed by atoms with E-state index in [4.69, 9.17) is 9.47 Å². The number of nitrogens with zero attached hydrogens (tertiary/aromatic N) is 1. The van der Waals surface area contributed by atoms with Gasteiger partial charge in [0.15, 0.2) is 11.5 Å². The van der Waals surface area contributed by atoms with Crippen LogP contribution in [0.4, 0.5) is 13.2 Å². The van der Waals surface area contributed by atoms with E-state index in [0.29, 0.717) is 17.1 Å². The van der Waals surface area contributed by atoms with Crippen LogP contribution in [-0.2, 0) is 12.8 Å². The fraction of sp³-hybridized carbons (Fsp3) is 0.115. The molecule has 0 N–H and O–H groups in total. The zero-order valence-electron chi connectivity index (χ0n) is 17.3. The second-order valence-corrected chi connectivity index (χ2v) is 7.16. The van der Waals surface area contributed by atoms with Gasteiger partial charge < -0.3 is 9.47 Å². The number of rotatable bonds is 6. The van der Waals surface area contributed by atoms with Gasteiger partial charge in [-0.3, -0.25) is 0 Å². The summed E-state index contributed by atoms with van der Waals surface area (Å²) < 4.78 is 49.8. The Hall–Kier alpha value is -3.80. The zero-order valence-corrected chi connectivity index (χ0v) is 17.3. The lowest BCUT2D eigenvalue weighted by Crippen LogP contribution is -2.06. The fourth-order valence-corrected chi connectivity index (χ4v) is 3.26. The lowest BCUT2D eigenvalue weighted by Gasteiger charge is -2.13. The van der Waals surface area contributed by atoms with Gasteiger partial charge in [0.25, 0.3) is 0 Å². The van der Waals surface area contributed by atoms with E-state index < -0.39 is 11.7 Å². The number of hydrogen-bond donors (Lipinski definition) is 0. The van der Waals surface area contributed by atoms with Gasteiger partial charge in [0.1, 0.15) is 6.61 Å². The minimum absolute atomic E-state index is 0.00350. The van der Waals surface area contributed by atoms with Crippen molar-refractivity contribution in [3.8, 4) is 11.5 Å². The van der Waals surface area contributed by atoms with E-state index in [1.807, 2.05) is 54.6 Å². The molecule has 0 spiro atoms. The van der Waals surface area contributed by atoms with Gasteiger partial charge in [-0.1, -0.05) is 48.5 Å². The van der Waals surface area contributed by atoms with Crippen molar-refractivity contribution in [3.05, 3.63) is 101 Å². The van der Waals surface area contributed by atoms with Gasteiger partial charge in [-0.2, -0.15) is 13.2 Å². The van der Waals surface area contributed by atoms with E-state index >= 15 is 0 Å². The van der Waals surface area contributed by atoms with Gasteiger partial charge in [-0.15, -0.1) is 0 Å². The third-order valence-corrected chi connectivity index (χ3v) is 4.90. The Kier molecular flexibility index (Phi) is 6.12. The van der Waals surface area contributed by atoms with Crippen molar-refractivity contribution in [2.45, 2.75) is 12.8 Å². The average Bonchev–Trinajstić information content (AvgIpc) is 2.81. The predicted octanol–water partition coefficient (Wildman–Crippen LogP) is 7.01. The lowest BCUT2D eigenvalue weighted by molar-refractivity contribution is -0.137. The van der Waals surface area contributed by atoms with E-state index in [1.165, 1.54) is 13.2 Å². The maximum atomic E-state index is 12.9. The molecule has 162 valence electrons. The second-order valence-electron chi connectivity index (χ2n) is 7.16. The van der Waals surface area contributed by atoms with E-state index in [0.717, 1.165) is 34.3 Å². The van der Waals surface area contributed by atoms with Crippen molar-refractivity contribution in [2.24, 2.45) is 0 Å². The molecule has 0 aliphatic carbocycles. The molecule has 0 bridgehead atoms. The SMILES string of the molecule is COc1cc(/C=C/c2ccc3ccccc3n2)ccc1OCc1cccc(C(F)(F)F)c1. The molecular formula is C26H20F3NO2. The third kappa shape index (κ3) is 5.09. The number of halogens is 3. The third-order valence-electron chi connectivity index (χ3n) is 4.90. The molecule has 3 aromatic carbocycles. The summed E-state index contributed by atoms with van der Waals surface area (Å²) in [6.07, 6.45) is -0.567. The Bertz CT molecular complexity index is 1270. The van der Waals surface area contributed by atoms with Crippen molar-refractivity contribution in [1.29, 1.82) is 0 Å². The Balaban J connectivity index is 1.48. The Morgan fingerprint density at radius 2 is 1.69 bits per heavy atom. The number of aromatic nitrogens is 1. The van der Waals surface area contributed by atoms with Crippen molar-refractivity contribution in [2.75, 3.05) is 7.11 Å². The summed E-state index contributed by atoms with van der Waals surface area (Å²) >= 11 is 0. The van der Waals surface area contributed by atoms with E-state index in [-0.39, 0.29) is 6.61 Å². The summed E-state index contributed by atoms with van der Waals surface area (Å²) in [6.45, 7) is -0.00350. The van der Waals surface area contributed by atoms with Crippen LogP contribution in [0.25, 0.3) is 23.1 Å². The maximum absolute atomic E-state index is 12.9. The minimum atomic E-state index is -4.39. The van der Waals surface area contributed by atoms with E-state index in [9.17, 15) is 13.2 Å². The smallest absolute Gasteiger partial charge is 0.416 e. The maximum Gasteiger partial charge on any atom is 0.416 e. The summed E-state index contributed by atoms with van der Waals surface area (Å²) in [6, 6.07) is 22.3. The Morgan fingerprint density at radius 3 is 2.50 bits per heavy atom. The van der Waals surface area contributed by atoms with Crippen LogP contribution in [0.5, 0.6) is 11.5 Å². The molecule has 1 heterocycles. The van der Waals surface area contributed by atoms with Gasteiger partial charge in [-0.25, -0.2) is 4.98 Å². The molecule has 4 rings (SSSR count). The van der Waals surface area contributed by atoms with Crippen molar-refractivity contribution in [3.63, 3.8) is 0 Å². The molecule has 0 saturated heterocycles. The molecule has 3 nitrogen and oxygen atoms in total. The number of ether oxygens (including phenoxy) is 2. The molecule has 0 saturated carbocycles. The molecule has 0 unspecified atom stereocenters. The van der Waals surface area contributed by atoms with Crippen LogP contribution in [0, 0.1) is 0 Å². The first-order valence-corrected chi connectivity index (χ1v) is 9.93. The van der Waals surface area contributed by atoms with Crippen LogP contribution in [0.1, 0.15) is 22.4 Å². The second kappa shape index (κ2) is 9.14. The van der Waals surface area contributed by atoms with E-state index in [2.05, 4.69) is 4.98 Å². The largest absolute Gasteiger partial charge is 0.493 e. The number of para-hydroxylation sites is 1. The molecule has 6 heteroatoms. The standard InChI is InChI=1S/C26H20F3NO2/c1-31-25-16-18(9-12-22-13-11-20-6-2-3-8-23(20)30-22)10-14-24(25)32-17-19-5-4-7-21(15-19)26(27,28)29/h2-16H,17H2,1H3/b12-9+. The molecule has 0 fully saturated rings. The summed E-state index contributed by atoms with van der Waals surface area (Å²) in [5, 5.41) is 1.08. The number of hydrogen-bond acceptors (Lipinski definition) is 3. The monoisotopic (exact) mass is 435 g/mol. The van der Waals surface area contributed by atoms with Gasteiger partial charge in [0.05, 0.1) is 23.9 Å². The highest BCUT2D eigenvalue weighted by atomic mass is 19.4. The number of benzene rings is 3. The van der Waals surface area contributed by atoms with Crippen LogP contribution in [0.15, 0.2) is 78.9 Å². The van der Waals surface area contributed by atoms with Crippen LogP contribution >= 0.6 is 0 Å². The number of methoxy groups -OCH3 is 1. The zero-order chi connectivity index (χ0) is 22.6. The number of fused-ring (bicyclic) bond motifs is 1. The molecule has 1 aromatic heterocycles. The first-order chi connectivity index (χ1) is 15.4. The molecule has 32 heavy (non-hydrogen) atoms. The van der Waals surface area contributed by atoms with Crippen molar-refractivity contribution < 1.29 is 22.6 Å². The van der Waals surface area contributed by atoms with Crippen LogP contribution < -0.4 is 9.47 Å². The quantitative estimate of drug-likeness (QED) is 0.326. The van der Waals surface area contributed by atoms with Gasteiger partial charge in [0, 0.05) is 5.39 Å². The summed E-state index contributed by atoms with van der Waals surface area (Å²) in [5.41, 5.74) is 2.35. The highest BCUT2D eigenvalue weighted by molar-refractivity contribution is 5.80. The normalized spacial score (nSPS) is 11.8. The Morgan fingerprint density at radius 1 is 0.844 bits per heavy atom. The molecule has 0 atom stereocenters. The van der Waals surface area contributed by atoms with Crippen LogP contribution in [0.2, 0.25) is 0 Å². The topological polar surface area (TPSA) is 31.4 Å². The highest BCUT2D eigenvalue weighted by Gasteiger charge is 2.30. The van der Waals surface area contributed by atoms with E-state index in [1.54, 1.807) is 18.2 Å². The molecule has 0 radical (unpaired) electrons. The van der Waals surface area contributed by atoms with Crippen molar-refractivity contribution >= 4 is 23.1 Å². The number of alkyl halides is 3. The number of pyridine rings is 1. The summed E-state index contributed by atoms with van der Waals surface area (Å²) in [7, 11) is 1.52. The van der Waals surface area contributed by atoms with Crippen LogP contribution in [-0.4, -0.2) is 12.1 Å². The predicted molar refractivity (Wildman–Crippen MR) is 119 cm³/mol. The first kappa shape index (κ1) is 21.4. The minimum Gasteiger partial charge on any atom is -0.493 e. The molecular weight excluding hydrogens is 415 g/mol. The molecule has 0 aliphatic rings. The fourth-order valence-electron chi connectivity index (χ4n) is 3.26. The molecule has 0 aliphatic heterocycles. The molecule has 0 amide bonds. The van der Waals surface area contributed by atoms with Crippen LogP contribution in [0.3, 0.4) is 0 Å². The summed E-state index contributed by atoms with van der Waals surface area (Å²) in [4.78, 5) is 4.61. The molecule has 4 aromatic rings. The summed E-state index contributed by atoms with van der Waals surface area (Å²) in [5.74, 6) is 0.941. The van der Waals surface area contributed by atoms with Crippen molar-refractivity contribution in [1.82, 2.24) is 4.98 Å². The van der Waals surface area contributed by atoms with Gasteiger partial charge >= 0.3 is 6.18 Å². The highest BCUT2D eigenvalue weighted by Crippen LogP contribution is 2.32.